The van der Waals surface area contributed by atoms with Gasteiger partial charge in [0.05, 0.1) is 5.36 Å². The summed E-state index contributed by atoms with van der Waals surface area (Å²) in [5, 5.41) is 6.39. The van der Waals surface area contributed by atoms with Crippen LogP contribution in [0.4, 0.5) is 5.95 Å². The van der Waals surface area contributed by atoms with Crippen LogP contribution in [0.5, 0.6) is 0 Å². The molecule has 0 aliphatic rings. The highest BCUT2D eigenvalue weighted by Gasteiger charge is 2.14. The highest BCUT2D eigenvalue weighted by atomic mass is 16.3. The monoisotopic (exact) mass is 426 g/mol. The minimum atomic E-state index is 0.101. The van der Waals surface area contributed by atoms with Crippen molar-refractivity contribution in [3.05, 3.63) is 82.0 Å². The summed E-state index contributed by atoms with van der Waals surface area (Å²) in [4.78, 5) is 8.87. The van der Waals surface area contributed by atoms with Gasteiger partial charge in [0.25, 0.3) is 0 Å². The lowest BCUT2D eigenvalue weighted by Gasteiger charge is -2.19. The zero-order valence-corrected chi connectivity index (χ0v) is 19.9. The van der Waals surface area contributed by atoms with E-state index in [-0.39, 0.29) is 5.41 Å². The van der Waals surface area contributed by atoms with Crippen molar-refractivity contribution in [1.82, 2.24) is 9.97 Å². The van der Waals surface area contributed by atoms with Crippen LogP contribution in [0.1, 0.15) is 48.8 Å². The number of aryl methyl sites for hydroxylation is 4. The second kappa shape index (κ2) is 8.23. The molecule has 0 amide bonds. The standard InChI is InChI=1S/C27H30N4O/c1-16-12-22-23(30-31-26-28-18(3)14-19(4)29-26)15-24(32-25(22)13-17(16)2)20-8-10-21(11-9-20)27(5,6)7/h8-15H,1-7H3,(H,28,29,31). The maximum Gasteiger partial charge on any atom is 0.243 e. The van der Waals surface area contributed by atoms with Gasteiger partial charge in [0.2, 0.25) is 5.95 Å². The summed E-state index contributed by atoms with van der Waals surface area (Å²) >= 11 is 0. The van der Waals surface area contributed by atoms with Gasteiger partial charge in [-0.25, -0.2) is 15.4 Å². The second-order valence-corrected chi connectivity index (χ2v) is 9.45. The highest BCUT2D eigenvalue weighted by Crippen LogP contribution is 2.28. The first kappa shape index (κ1) is 21.8. The SMILES string of the molecule is Cc1cc(C)nc(NN=c2cc(-c3ccc(C(C)(C)C)cc3)oc3cc(C)c(C)cc23)n1. The summed E-state index contributed by atoms with van der Waals surface area (Å²) in [5.74, 6) is 1.25. The number of nitrogens with one attached hydrogen (secondary N) is 1. The van der Waals surface area contributed by atoms with Crippen molar-refractivity contribution >= 4 is 16.9 Å². The Hall–Kier alpha value is -3.47. The molecule has 0 unspecified atom stereocenters. The maximum atomic E-state index is 6.32. The molecule has 5 heteroatoms. The molecule has 1 N–H and O–H groups in total. The van der Waals surface area contributed by atoms with E-state index in [1.165, 1.54) is 16.7 Å². The van der Waals surface area contributed by atoms with E-state index in [9.17, 15) is 0 Å². The van der Waals surface area contributed by atoms with Crippen LogP contribution < -0.4 is 10.8 Å². The van der Waals surface area contributed by atoms with Gasteiger partial charge in [0.15, 0.2) is 0 Å². The molecular formula is C27H30N4O. The molecule has 0 fully saturated rings. The van der Waals surface area contributed by atoms with Crippen LogP contribution in [0.3, 0.4) is 0 Å². The van der Waals surface area contributed by atoms with Gasteiger partial charge >= 0.3 is 0 Å². The number of hydrogen-bond donors (Lipinski definition) is 1. The van der Waals surface area contributed by atoms with Crippen molar-refractivity contribution < 1.29 is 4.42 Å². The Kier molecular flexibility index (Phi) is 5.59. The predicted molar refractivity (Wildman–Crippen MR) is 131 cm³/mol. The molecule has 4 aromatic rings. The van der Waals surface area contributed by atoms with Gasteiger partial charge in [-0.15, -0.1) is 0 Å². The smallest absolute Gasteiger partial charge is 0.243 e. The fourth-order valence-corrected chi connectivity index (χ4v) is 3.68. The Balaban J connectivity index is 1.86. The molecule has 0 aliphatic carbocycles. The molecule has 2 heterocycles. The largest absolute Gasteiger partial charge is 0.456 e. The Labute approximate surface area is 189 Å². The normalized spacial score (nSPS) is 12.4. The summed E-state index contributed by atoms with van der Waals surface area (Å²) in [7, 11) is 0. The van der Waals surface area contributed by atoms with Gasteiger partial charge in [0.1, 0.15) is 11.3 Å². The first-order chi connectivity index (χ1) is 15.1. The van der Waals surface area contributed by atoms with E-state index in [2.05, 4.69) is 91.5 Å². The van der Waals surface area contributed by atoms with Crippen LogP contribution in [0.15, 0.2) is 58.0 Å². The molecule has 0 saturated heterocycles. The molecule has 164 valence electrons. The van der Waals surface area contributed by atoms with Gasteiger partial charge in [-0.1, -0.05) is 45.0 Å². The van der Waals surface area contributed by atoms with E-state index < -0.39 is 0 Å². The lowest BCUT2D eigenvalue weighted by molar-refractivity contribution is 0.589. The summed E-state index contributed by atoms with van der Waals surface area (Å²) in [6.45, 7) is 14.7. The van der Waals surface area contributed by atoms with Crippen molar-refractivity contribution in [3.63, 3.8) is 0 Å². The van der Waals surface area contributed by atoms with Crippen molar-refractivity contribution in [3.8, 4) is 11.3 Å². The Bertz CT molecular complexity index is 1340. The number of anilines is 1. The van der Waals surface area contributed by atoms with E-state index >= 15 is 0 Å². The number of nitrogens with zero attached hydrogens (tertiary/aromatic N) is 3. The third-order valence-electron chi connectivity index (χ3n) is 5.65. The quantitative estimate of drug-likeness (QED) is 0.388. The van der Waals surface area contributed by atoms with Crippen LogP contribution in [-0.4, -0.2) is 9.97 Å². The molecule has 0 spiro atoms. The van der Waals surface area contributed by atoms with Crippen molar-refractivity contribution in [2.24, 2.45) is 5.10 Å². The lowest BCUT2D eigenvalue weighted by atomic mass is 9.86. The minimum Gasteiger partial charge on any atom is -0.456 e. The van der Waals surface area contributed by atoms with Crippen LogP contribution >= 0.6 is 0 Å². The first-order valence-electron chi connectivity index (χ1n) is 10.9. The van der Waals surface area contributed by atoms with E-state index in [1.54, 1.807) is 0 Å². The number of benzene rings is 2. The zero-order chi connectivity index (χ0) is 23.0. The Morgan fingerprint density at radius 3 is 2.06 bits per heavy atom. The van der Waals surface area contributed by atoms with Crippen LogP contribution in [0, 0.1) is 27.7 Å². The van der Waals surface area contributed by atoms with Gasteiger partial charge in [-0.05, 0) is 68.0 Å². The van der Waals surface area contributed by atoms with E-state index in [4.69, 9.17) is 4.42 Å². The molecule has 4 rings (SSSR count). The maximum absolute atomic E-state index is 6.32. The van der Waals surface area contributed by atoms with Crippen LogP contribution in [-0.2, 0) is 5.41 Å². The molecular weight excluding hydrogens is 396 g/mol. The van der Waals surface area contributed by atoms with Crippen LogP contribution in [0.2, 0.25) is 0 Å². The van der Waals surface area contributed by atoms with E-state index in [0.29, 0.717) is 5.95 Å². The van der Waals surface area contributed by atoms with Crippen molar-refractivity contribution in [2.45, 2.75) is 53.9 Å². The second-order valence-electron chi connectivity index (χ2n) is 9.45. The first-order valence-corrected chi connectivity index (χ1v) is 10.9. The molecule has 32 heavy (non-hydrogen) atoms. The number of rotatable bonds is 3. The van der Waals surface area contributed by atoms with Crippen molar-refractivity contribution in [2.75, 3.05) is 5.43 Å². The summed E-state index contributed by atoms with van der Waals surface area (Å²) in [6, 6.07) is 16.6. The van der Waals surface area contributed by atoms with Gasteiger partial charge < -0.3 is 4.42 Å². The third-order valence-corrected chi connectivity index (χ3v) is 5.65. The molecule has 0 saturated carbocycles. The zero-order valence-electron chi connectivity index (χ0n) is 19.9. The van der Waals surface area contributed by atoms with Gasteiger partial charge in [-0.3, -0.25) is 0 Å². The third kappa shape index (κ3) is 4.57. The molecule has 2 aromatic heterocycles. The lowest BCUT2D eigenvalue weighted by Crippen LogP contribution is -2.11. The molecule has 0 atom stereocenters. The Morgan fingerprint density at radius 1 is 0.812 bits per heavy atom. The minimum absolute atomic E-state index is 0.101. The summed E-state index contributed by atoms with van der Waals surface area (Å²) in [5.41, 5.74) is 10.4. The molecule has 5 nitrogen and oxygen atoms in total. The van der Waals surface area contributed by atoms with Crippen LogP contribution in [0.25, 0.3) is 22.3 Å². The van der Waals surface area contributed by atoms with E-state index in [1.807, 2.05) is 26.0 Å². The van der Waals surface area contributed by atoms with Crippen molar-refractivity contribution in [1.29, 1.82) is 0 Å². The number of aromatic nitrogens is 2. The topological polar surface area (TPSA) is 63.3 Å². The average molecular weight is 427 g/mol. The highest BCUT2D eigenvalue weighted by molar-refractivity contribution is 5.80. The molecule has 0 bridgehead atoms. The average Bonchev–Trinajstić information content (AvgIpc) is 2.72. The number of fused-ring (bicyclic) bond motifs is 1. The summed E-state index contributed by atoms with van der Waals surface area (Å²) < 4.78 is 6.32. The predicted octanol–water partition coefficient (Wildman–Crippen LogP) is 6.35. The number of hydrogen-bond acceptors (Lipinski definition) is 5. The Morgan fingerprint density at radius 2 is 1.44 bits per heavy atom. The van der Waals surface area contributed by atoms with Gasteiger partial charge in [-0.2, -0.15) is 5.10 Å². The van der Waals surface area contributed by atoms with E-state index in [0.717, 1.165) is 39.0 Å². The molecule has 0 aliphatic heterocycles. The molecule has 0 radical (unpaired) electrons. The fourth-order valence-electron chi connectivity index (χ4n) is 3.68. The van der Waals surface area contributed by atoms with Gasteiger partial charge in [0, 0.05) is 28.4 Å². The fraction of sp³-hybridized carbons (Fsp3) is 0.296. The summed E-state index contributed by atoms with van der Waals surface area (Å²) in [6.07, 6.45) is 0. The molecule has 2 aromatic carbocycles.